The van der Waals surface area contributed by atoms with Crippen molar-refractivity contribution in [3.8, 4) is 5.75 Å². The number of hydrogen-bond donors (Lipinski definition) is 2. The summed E-state index contributed by atoms with van der Waals surface area (Å²) >= 11 is 1.34. The van der Waals surface area contributed by atoms with Crippen LogP contribution in [-0.2, 0) is 0 Å². The van der Waals surface area contributed by atoms with E-state index < -0.39 is 0 Å². The Balaban J connectivity index is 1.87. The predicted octanol–water partition coefficient (Wildman–Crippen LogP) is 2.42. The molecule has 0 radical (unpaired) electrons. The van der Waals surface area contributed by atoms with Crippen molar-refractivity contribution in [1.82, 2.24) is 15.0 Å². The highest BCUT2D eigenvalue weighted by Crippen LogP contribution is 2.23. The predicted molar refractivity (Wildman–Crippen MR) is 75.9 cm³/mol. The molecule has 0 fully saturated rings. The van der Waals surface area contributed by atoms with Crippen LogP contribution in [0.15, 0.2) is 30.5 Å². The number of nitrogens with one attached hydrogen (secondary N) is 1. The fourth-order valence-corrected chi connectivity index (χ4v) is 2.29. The maximum Gasteiger partial charge on any atom is 0.228 e. The molecule has 0 unspecified atom stereocenters. The minimum absolute atomic E-state index is 0.492. The van der Waals surface area contributed by atoms with E-state index in [4.69, 9.17) is 10.5 Å². The third-order valence-electron chi connectivity index (χ3n) is 2.51. The molecule has 3 aromatic rings. The van der Waals surface area contributed by atoms with Crippen LogP contribution in [0.2, 0.25) is 0 Å². The Kier molecular flexibility index (Phi) is 2.88. The van der Waals surface area contributed by atoms with Gasteiger partial charge in [-0.25, -0.2) is 9.97 Å². The molecule has 0 aliphatic carbocycles. The molecule has 2 heterocycles. The number of methoxy groups -OCH3 is 1. The van der Waals surface area contributed by atoms with Crippen molar-refractivity contribution in [2.45, 2.75) is 0 Å². The quantitative estimate of drug-likeness (QED) is 0.762. The van der Waals surface area contributed by atoms with Gasteiger partial charge in [-0.1, -0.05) is 11.3 Å². The number of nitrogens with two attached hydrogens (primary N) is 1. The summed E-state index contributed by atoms with van der Waals surface area (Å²) in [4.78, 5) is 13.4. The summed E-state index contributed by atoms with van der Waals surface area (Å²) in [5, 5.41) is 3.61. The van der Waals surface area contributed by atoms with Gasteiger partial charge in [-0.15, -0.1) is 0 Å². The van der Waals surface area contributed by atoms with Crippen molar-refractivity contribution in [2.75, 3.05) is 18.2 Å². The van der Waals surface area contributed by atoms with Crippen LogP contribution in [0.1, 0.15) is 0 Å². The Bertz CT molecular complexity index is 710. The van der Waals surface area contributed by atoms with Gasteiger partial charge in [-0.2, -0.15) is 4.98 Å². The molecule has 0 bridgehead atoms. The second-order valence-corrected chi connectivity index (χ2v) is 4.80. The average molecular weight is 273 g/mol. The fraction of sp³-hybridized carbons (Fsp3) is 0.0833. The Hall–Kier alpha value is -2.41. The Morgan fingerprint density at radius 1 is 1.21 bits per heavy atom. The molecule has 0 saturated heterocycles. The molecular formula is C12H11N5OS. The number of anilines is 3. The molecule has 0 amide bonds. The minimum Gasteiger partial charge on any atom is -0.497 e. The number of rotatable bonds is 3. The highest BCUT2D eigenvalue weighted by molar-refractivity contribution is 7.21. The lowest BCUT2D eigenvalue weighted by Crippen LogP contribution is -1.96. The van der Waals surface area contributed by atoms with Gasteiger partial charge < -0.3 is 15.8 Å². The van der Waals surface area contributed by atoms with Gasteiger partial charge in [0.2, 0.25) is 5.95 Å². The van der Waals surface area contributed by atoms with Crippen molar-refractivity contribution >= 4 is 38.5 Å². The van der Waals surface area contributed by atoms with Gasteiger partial charge in [0.05, 0.1) is 13.3 Å². The van der Waals surface area contributed by atoms with E-state index in [1.54, 1.807) is 13.3 Å². The van der Waals surface area contributed by atoms with Gasteiger partial charge in [-0.3, -0.25) is 0 Å². The van der Waals surface area contributed by atoms with Crippen molar-refractivity contribution in [3.63, 3.8) is 0 Å². The maximum absolute atomic E-state index is 5.63. The van der Waals surface area contributed by atoms with Crippen LogP contribution in [-0.4, -0.2) is 22.1 Å². The summed E-state index contributed by atoms with van der Waals surface area (Å²) in [5.41, 5.74) is 7.23. The number of thiazole rings is 1. The van der Waals surface area contributed by atoms with E-state index in [2.05, 4.69) is 20.3 Å². The first-order valence-electron chi connectivity index (χ1n) is 5.55. The first-order valence-corrected chi connectivity index (χ1v) is 6.36. The van der Waals surface area contributed by atoms with Gasteiger partial charge >= 0.3 is 0 Å². The SMILES string of the molecule is COc1ccc(Nc2ncc3nc(N)sc3n2)cc1. The van der Waals surface area contributed by atoms with Crippen LogP contribution in [0.4, 0.5) is 16.8 Å². The first-order chi connectivity index (χ1) is 9.24. The zero-order valence-electron chi connectivity index (χ0n) is 10.1. The number of ether oxygens (including phenoxy) is 1. The van der Waals surface area contributed by atoms with Crippen LogP contribution in [0.5, 0.6) is 5.75 Å². The Morgan fingerprint density at radius 3 is 2.74 bits per heavy atom. The summed E-state index contributed by atoms with van der Waals surface area (Å²) in [6.45, 7) is 0. The Morgan fingerprint density at radius 2 is 2.00 bits per heavy atom. The zero-order valence-corrected chi connectivity index (χ0v) is 10.9. The third kappa shape index (κ3) is 2.41. The number of nitrogen functional groups attached to an aromatic ring is 1. The van der Waals surface area contributed by atoms with Gasteiger partial charge in [0, 0.05) is 5.69 Å². The molecule has 96 valence electrons. The standard InChI is InChI=1S/C12H11N5OS/c1-18-8-4-2-7(3-5-8)15-12-14-6-9-10(17-12)19-11(13)16-9/h2-6H,1H3,(H2,13,16)(H,14,15,17). The molecule has 3 N–H and O–H groups in total. The van der Waals surface area contributed by atoms with Crippen LogP contribution in [0, 0.1) is 0 Å². The van der Waals surface area contributed by atoms with Gasteiger partial charge in [0.25, 0.3) is 0 Å². The van der Waals surface area contributed by atoms with Crippen LogP contribution in [0.25, 0.3) is 10.3 Å². The summed E-state index contributed by atoms with van der Waals surface area (Å²) in [6.07, 6.45) is 1.65. The molecule has 2 aromatic heterocycles. The Labute approximate surface area is 113 Å². The number of nitrogens with zero attached hydrogens (tertiary/aromatic N) is 3. The lowest BCUT2D eigenvalue weighted by Gasteiger charge is -2.05. The summed E-state index contributed by atoms with van der Waals surface area (Å²) in [5.74, 6) is 1.32. The molecule has 0 spiro atoms. The van der Waals surface area contributed by atoms with Crippen molar-refractivity contribution in [1.29, 1.82) is 0 Å². The summed E-state index contributed by atoms with van der Waals surface area (Å²) in [6, 6.07) is 7.53. The van der Waals surface area contributed by atoms with Crippen molar-refractivity contribution in [2.24, 2.45) is 0 Å². The minimum atomic E-state index is 0.492. The zero-order chi connectivity index (χ0) is 13.2. The second-order valence-electron chi connectivity index (χ2n) is 3.79. The van der Waals surface area contributed by atoms with Crippen LogP contribution < -0.4 is 15.8 Å². The summed E-state index contributed by atoms with van der Waals surface area (Å²) in [7, 11) is 1.63. The van der Waals surface area contributed by atoms with Gasteiger partial charge in [0.1, 0.15) is 11.3 Å². The molecule has 0 aliphatic rings. The van der Waals surface area contributed by atoms with E-state index in [1.165, 1.54) is 11.3 Å². The number of benzene rings is 1. The molecule has 19 heavy (non-hydrogen) atoms. The highest BCUT2D eigenvalue weighted by atomic mass is 32.1. The van der Waals surface area contributed by atoms with Gasteiger partial charge in [-0.05, 0) is 24.3 Å². The molecule has 7 heteroatoms. The normalized spacial score (nSPS) is 10.6. The smallest absolute Gasteiger partial charge is 0.228 e. The van der Waals surface area contributed by atoms with E-state index in [0.29, 0.717) is 16.6 Å². The lowest BCUT2D eigenvalue weighted by atomic mass is 10.3. The van der Waals surface area contributed by atoms with E-state index >= 15 is 0 Å². The monoisotopic (exact) mass is 273 g/mol. The first kappa shape index (κ1) is 11.7. The molecule has 0 aliphatic heterocycles. The van der Waals surface area contributed by atoms with E-state index in [1.807, 2.05) is 24.3 Å². The largest absolute Gasteiger partial charge is 0.497 e. The van der Waals surface area contributed by atoms with Crippen molar-refractivity contribution in [3.05, 3.63) is 30.5 Å². The van der Waals surface area contributed by atoms with Crippen molar-refractivity contribution < 1.29 is 4.74 Å². The van der Waals surface area contributed by atoms with E-state index in [0.717, 1.165) is 16.3 Å². The summed E-state index contributed by atoms with van der Waals surface area (Å²) < 4.78 is 5.10. The molecule has 0 atom stereocenters. The molecule has 0 saturated carbocycles. The number of hydrogen-bond acceptors (Lipinski definition) is 7. The van der Waals surface area contributed by atoms with E-state index in [9.17, 15) is 0 Å². The fourth-order valence-electron chi connectivity index (χ4n) is 1.62. The number of aromatic nitrogens is 3. The topological polar surface area (TPSA) is 86.0 Å². The second kappa shape index (κ2) is 4.69. The average Bonchev–Trinajstić information content (AvgIpc) is 2.79. The maximum atomic E-state index is 5.63. The van der Waals surface area contributed by atoms with E-state index in [-0.39, 0.29) is 0 Å². The molecule has 6 nitrogen and oxygen atoms in total. The lowest BCUT2D eigenvalue weighted by molar-refractivity contribution is 0.415. The highest BCUT2D eigenvalue weighted by Gasteiger charge is 2.05. The third-order valence-corrected chi connectivity index (χ3v) is 3.31. The number of fused-ring (bicyclic) bond motifs is 1. The van der Waals surface area contributed by atoms with Gasteiger partial charge in [0.15, 0.2) is 9.96 Å². The molecule has 3 rings (SSSR count). The van der Waals surface area contributed by atoms with Crippen LogP contribution >= 0.6 is 11.3 Å². The molecular weight excluding hydrogens is 262 g/mol. The molecule has 1 aromatic carbocycles. The van der Waals surface area contributed by atoms with Crippen LogP contribution in [0.3, 0.4) is 0 Å².